The van der Waals surface area contributed by atoms with Crippen molar-refractivity contribution in [2.45, 2.75) is 4.34 Å². The van der Waals surface area contributed by atoms with Crippen molar-refractivity contribution < 1.29 is 14.3 Å². The number of carbonyl (C=O) groups is 1. The molecule has 0 aliphatic rings. The number of benzene rings is 2. The van der Waals surface area contributed by atoms with E-state index < -0.39 is 0 Å². The van der Waals surface area contributed by atoms with E-state index in [2.05, 4.69) is 10.4 Å². The zero-order chi connectivity index (χ0) is 19.2. The number of methoxy groups -OCH3 is 2. The molecule has 0 aliphatic heterocycles. The Balaban J connectivity index is 1.62. The van der Waals surface area contributed by atoms with Crippen LogP contribution >= 0.6 is 35.3 Å². The smallest absolute Gasteiger partial charge is 0.234 e. The summed E-state index contributed by atoms with van der Waals surface area (Å²) in [6.07, 6.45) is 0. The Labute approximate surface area is 170 Å². The van der Waals surface area contributed by atoms with Crippen LogP contribution in [0.4, 0.5) is 5.69 Å². The molecular formula is C18H17N3O3S3. The van der Waals surface area contributed by atoms with E-state index in [9.17, 15) is 4.79 Å². The molecule has 140 valence electrons. The second-order valence-corrected chi connectivity index (χ2v) is 8.13. The predicted molar refractivity (Wildman–Crippen MR) is 111 cm³/mol. The van der Waals surface area contributed by atoms with Crippen molar-refractivity contribution >= 4 is 46.9 Å². The Kier molecular flexibility index (Phi) is 6.49. The van der Waals surface area contributed by atoms with E-state index in [1.165, 1.54) is 23.1 Å². The third kappa shape index (κ3) is 4.88. The molecule has 1 amide bonds. The number of nitrogens with one attached hydrogen (secondary N) is 1. The van der Waals surface area contributed by atoms with Crippen molar-refractivity contribution in [2.24, 2.45) is 0 Å². The first-order valence-electron chi connectivity index (χ1n) is 7.91. The molecule has 2 aromatic carbocycles. The number of para-hydroxylation sites is 1. The van der Waals surface area contributed by atoms with Crippen LogP contribution in [0, 0.1) is 3.95 Å². The van der Waals surface area contributed by atoms with Crippen molar-refractivity contribution in [1.82, 2.24) is 9.78 Å². The van der Waals surface area contributed by atoms with Crippen LogP contribution < -0.4 is 14.8 Å². The van der Waals surface area contributed by atoms with E-state index >= 15 is 0 Å². The van der Waals surface area contributed by atoms with Gasteiger partial charge in [-0.2, -0.15) is 0 Å². The molecule has 1 aromatic heterocycles. The monoisotopic (exact) mass is 419 g/mol. The molecule has 1 N–H and O–H groups in total. The molecule has 0 saturated carbocycles. The topological polar surface area (TPSA) is 65.4 Å². The summed E-state index contributed by atoms with van der Waals surface area (Å²) in [4.78, 5) is 12.2. The summed E-state index contributed by atoms with van der Waals surface area (Å²) < 4.78 is 13.5. The number of anilines is 1. The molecule has 1 heterocycles. The summed E-state index contributed by atoms with van der Waals surface area (Å²) in [6.45, 7) is 0. The van der Waals surface area contributed by atoms with E-state index in [4.69, 9.17) is 21.7 Å². The summed E-state index contributed by atoms with van der Waals surface area (Å²) in [5, 5.41) is 7.33. The Hall–Kier alpha value is -2.36. The van der Waals surface area contributed by atoms with Crippen LogP contribution in [0.5, 0.6) is 11.5 Å². The van der Waals surface area contributed by atoms with Crippen molar-refractivity contribution in [3.63, 3.8) is 0 Å². The lowest BCUT2D eigenvalue weighted by molar-refractivity contribution is -0.113. The molecule has 3 aromatic rings. The Morgan fingerprint density at radius 2 is 1.93 bits per heavy atom. The normalized spacial score (nSPS) is 10.4. The molecule has 3 rings (SSSR count). The minimum absolute atomic E-state index is 0.139. The molecule has 0 spiro atoms. The number of amides is 1. The van der Waals surface area contributed by atoms with Crippen LogP contribution in [-0.4, -0.2) is 35.7 Å². The molecular weight excluding hydrogens is 402 g/mol. The summed E-state index contributed by atoms with van der Waals surface area (Å²) in [7, 11) is 3.12. The summed E-state index contributed by atoms with van der Waals surface area (Å²) in [5.41, 5.74) is 1.54. The van der Waals surface area contributed by atoms with E-state index in [0.29, 0.717) is 21.1 Å². The predicted octanol–water partition coefficient (Wildman–Crippen LogP) is 4.41. The Morgan fingerprint density at radius 1 is 1.19 bits per heavy atom. The van der Waals surface area contributed by atoms with Gasteiger partial charge in [-0.1, -0.05) is 41.3 Å². The maximum absolute atomic E-state index is 12.2. The second-order valence-electron chi connectivity index (χ2n) is 5.29. The first kappa shape index (κ1) is 19.4. The highest BCUT2D eigenvalue weighted by Gasteiger charge is 2.11. The number of carbonyl (C=O) groups excluding carboxylic acids is 1. The fraction of sp³-hybridized carbons (Fsp3) is 0.167. The molecule has 27 heavy (non-hydrogen) atoms. The van der Waals surface area contributed by atoms with Gasteiger partial charge in [-0.15, -0.1) is 5.10 Å². The van der Waals surface area contributed by atoms with Gasteiger partial charge in [0, 0.05) is 11.8 Å². The maximum atomic E-state index is 12.2. The third-order valence-electron chi connectivity index (χ3n) is 3.52. The molecule has 0 unspecified atom stereocenters. The van der Waals surface area contributed by atoms with Crippen LogP contribution in [0.2, 0.25) is 0 Å². The van der Waals surface area contributed by atoms with Gasteiger partial charge >= 0.3 is 0 Å². The van der Waals surface area contributed by atoms with Crippen LogP contribution in [0.3, 0.4) is 0 Å². The minimum atomic E-state index is -0.139. The van der Waals surface area contributed by atoms with Crippen molar-refractivity contribution in [3.8, 4) is 17.2 Å². The lowest BCUT2D eigenvalue weighted by Crippen LogP contribution is -2.14. The third-order valence-corrected chi connectivity index (χ3v) is 5.89. The lowest BCUT2D eigenvalue weighted by Gasteiger charge is -2.10. The molecule has 0 saturated heterocycles. The summed E-state index contributed by atoms with van der Waals surface area (Å²) >= 11 is 8.10. The fourth-order valence-corrected chi connectivity index (χ4v) is 4.45. The molecule has 9 heteroatoms. The molecule has 0 atom stereocenters. The van der Waals surface area contributed by atoms with Gasteiger partial charge in [0.05, 0.1) is 25.7 Å². The van der Waals surface area contributed by atoms with Gasteiger partial charge < -0.3 is 14.8 Å². The average Bonchev–Trinajstić information content (AvgIpc) is 3.07. The number of thioether (sulfide) groups is 1. The SMILES string of the molecule is COc1ccc(NC(=O)CSc2nn(-c3ccccc3)c(=S)s2)cc1OC. The Bertz CT molecular complexity index is 986. The number of ether oxygens (including phenoxy) is 2. The van der Waals surface area contributed by atoms with Gasteiger partial charge in [0.25, 0.3) is 0 Å². The second kappa shape index (κ2) is 9.03. The lowest BCUT2D eigenvalue weighted by atomic mass is 10.2. The van der Waals surface area contributed by atoms with Gasteiger partial charge in [0.15, 0.2) is 19.8 Å². The van der Waals surface area contributed by atoms with Crippen molar-refractivity contribution in [3.05, 3.63) is 52.5 Å². The van der Waals surface area contributed by atoms with E-state index in [0.717, 1.165) is 10.0 Å². The highest BCUT2D eigenvalue weighted by atomic mass is 32.2. The van der Waals surface area contributed by atoms with Gasteiger partial charge in [-0.05, 0) is 36.5 Å². The first-order chi connectivity index (χ1) is 13.1. The first-order valence-corrected chi connectivity index (χ1v) is 10.1. The zero-order valence-electron chi connectivity index (χ0n) is 14.7. The number of hydrogen-bond donors (Lipinski definition) is 1. The molecule has 0 aliphatic carbocycles. The van der Waals surface area contributed by atoms with Gasteiger partial charge in [-0.3, -0.25) is 4.79 Å². The van der Waals surface area contributed by atoms with E-state index in [1.54, 1.807) is 37.1 Å². The average molecular weight is 420 g/mol. The highest BCUT2D eigenvalue weighted by molar-refractivity contribution is 8.01. The molecule has 6 nitrogen and oxygen atoms in total. The van der Waals surface area contributed by atoms with E-state index in [1.807, 2.05) is 30.3 Å². The van der Waals surface area contributed by atoms with Crippen LogP contribution in [0.25, 0.3) is 5.69 Å². The number of hydrogen-bond acceptors (Lipinski definition) is 7. The van der Waals surface area contributed by atoms with Crippen molar-refractivity contribution in [2.75, 3.05) is 25.3 Å². The highest BCUT2D eigenvalue weighted by Crippen LogP contribution is 2.30. The van der Waals surface area contributed by atoms with Gasteiger partial charge in [-0.25, -0.2) is 4.68 Å². The molecule has 0 fully saturated rings. The molecule has 0 bridgehead atoms. The zero-order valence-corrected chi connectivity index (χ0v) is 17.1. The minimum Gasteiger partial charge on any atom is -0.493 e. The van der Waals surface area contributed by atoms with Gasteiger partial charge in [0.2, 0.25) is 5.91 Å². The Morgan fingerprint density at radius 3 is 2.63 bits per heavy atom. The van der Waals surface area contributed by atoms with E-state index in [-0.39, 0.29) is 11.7 Å². The number of aromatic nitrogens is 2. The van der Waals surface area contributed by atoms with Crippen molar-refractivity contribution in [1.29, 1.82) is 0 Å². The fourth-order valence-electron chi connectivity index (χ4n) is 2.29. The maximum Gasteiger partial charge on any atom is 0.234 e. The summed E-state index contributed by atoms with van der Waals surface area (Å²) in [5.74, 6) is 1.25. The number of nitrogens with zero attached hydrogens (tertiary/aromatic N) is 2. The van der Waals surface area contributed by atoms with Crippen LogP contribution in [-0.2, 0) is 4.79 Å². The quantitative estimate of drug-likeness (QED) is 0.452. The summed E-state index contributed by atoms with van der Waals surface area (Å²) in [6, 6.07) is 14.9. The largest absolute Gasteiger partial charge is 0.493 e. The standard InChI is InChI=1S/C18H17N3O3S3/c1-23-14-9-8-12(10-15(14)24-2)19-16(22)11-26-17-20-21(18(25)27-17)13-6-4-3-5-7-13/h3-10H,11H2,1-2H3,(H,19,22). The molecule has 0 radical (unpaired) electrons. The number of rotatable bonds is 7. The van der Waals surface area contributed by atoms with Crippen LogP contribution in [0.15, 0.2) is 52.9 Å². The van der Waals surface area contributed by atoms with Gasteiger partial charge in [0.1, 0.15) is 0 Å². The van der Waals surface area contributed by atoms with Crippen LogP contribution in [0.1, 0.15) is 0 Å².